The van der Waals surface area contributed by atoms with Gasteiger partial charge in [0, 0.05) is 29.1 Å². The number of rotatable bonds is 6. The van der Waals surface area contributed by atoms with Crippen LogP contribution in [-0.4, -0.2) is 29.0 Å². The Morgan fingerprint density at radius 1 is 1.03 bits per heavy atom. The summed E-state index contributed by atoms with van der Waals surface area (Å²) in [5.74, 6) is 0.698. The minimum absolute atomic E-state index is 0.153. The number of aromatic nitrogens is 2. The van der Waals surface area contributed by atoms with E-state index in [0.29, 0.717) is 28.7 Å². The maximum absolute atomic E-state index is 12.7. The number of alkyl halides is 3. The lowest BCUT2D eigenvalue weighted by molar-refractivity contribution is -0.137. The number of fused-ring (bicyclic) bond motifs is 1. The SMILES string of the molecule is O=C(NCCNc1nc(-c2cccs2)nc2cc(Cl)ccc12)c1ccc(C(F)(F)F)cc1. The van der Waals surface area contributed by atoms with Crippen LogP contribution in [0.4, 0.5) is 19.0 Å². The number of nitrogens with one attached hydrogen (secondary N) is 2. The van der Waals surface area contributed by atoms with Gasteiger partial charge in [-0.1, -0.05) is 17.7 Å². The Balaban J connectivity index is 1.43. The molecule has 32 heavy (non-hydrogen) atoms. The number of amides is 1. The molecular weight excluding hydrogens is 461 g/mol. The van der Waals surface area contributed by atoms with E-state index >= 15 is 0 Å². The fourth-order valence-electron chi connectivity index (χ4n) is 3.02. The highest BCUT2D eigenvalue weighted by Gasteiger charge is 2.30. The molecular formula is C22H16ClF3N4OS. The van der Waals surface area contributed by atoms with Gasteiger partial charge in [-0.3, -0.25) is 4.79 Å². The number of hydrogen-bond donors (Lipinski definition) is 2. The summed E-state index contributed by atoms with van der Waals surface area (Å²) in [6.07, 6.45) is -4.44. The molecule has 0 aliphatic heterocycles. The largest absolute Gasteiger partial charge is 0.416 e. The highest BCUT2D eigenvalue weighted by atomic mass is 35.5. The van der Waals surface area contributed by atoms with Crippen molar-refractivity contribution in [2.24, 2.45) is 0 Å². The third-order valence-electron chi connectivity index (χ3n) is 4.58. The molecule has 2 heterocycles. The zero-order valence-electron chi connectivity index (χ0n) is 16.4. The molecule has 4 aromatic rings. The van der Waals surface area contributed by atoms with E-state index in [2.05, 4.69) is 20.6 Å². The quantitative estimate of drug-likeness (QED) is 0.341. The number of carbonyl (C=O) groups excluding carboxylic acids is 1. The summed E-state index contributed by atoms with van der Waals surface area (Å²) in [5, 5.41) is 9.15. The predicted molar refractivity (Wildman–Crippen MR) is 120 cm³/mol. The fraction of sp³-hybridized carbons (Fsp3) is 0.136. The molecule has 164 valence electrons. The first-order chi connectivity index (χ1) is 15.3. The van der Waals surface area contributed by atoms with Gasteiger partial charge in [-0.25, -0.2) is 9.97 Å². The average Bonchev–Trinajstić information content (AvgIpc) is 3.30. The van der Waals surface area contributed by atoms with Gasteiger partial charge >= 0.3 is 6.18 Å². The Morgan fingerprint density at radius 3 is 2.50 bits per heavy atom. The van der Waals surface area contributed by atoms with Gasteiger partial charge in [-0.15, -0.1) is 11.3 Å². The van der Waals surface area contributed by atoms with Crippen molar-refractivity contribution in [3.05, 3.63) is 76.1 Å². The van der Waals surface area contributed by atoms with Crippen molar-refractivity contribution < 1.29 is 18.0 Å². The van der Waals surface area contributed by atoms with Crippen LogP contribution in [0, 0.1) is 0 Å². The summed E-state index contributed by atoms with van der Waals surface area (Å²) in [6, 6.07) is 13.2. The van der Waals surface area contributed by atoms with E-state index < -0.39 is 17.6 Å². The maximum Gasteiger partial charge on any atom is 0.416 e. The van der Waals surface area contributed by atoms with Crippen LogP contribution >= 0.6 is 22.9 Å². The molecule has 0 saturated carbocycles. The van der Waals surface area contributed by atoms with E-state index in [1.54, 1.807) is 12.1 Å². The summed E-state index contributed by atoms with van der Waals surface area (Å²) in [6.45, 7) is 0.596. The molecule has 10 heteroatoms. The number of benzene rings is 2. The molecule has 2 aromatic carbocycles. The van der Waals surface area contributed by atoms with Crippen molar-refractivity contribution in [2.75, 3.05) is 18.4 Å². The van der Waals surface area contributed by atoms with Crippen LogP contribution in [0.1, 0.15) is 15.9 Å². The lowest BCUT2D eigenvalue weighted by Crippen LogP contribution is -2.29. The first-order valence-corrected chi connectivity index (χ1v) is 10.8. The zero-order valence-corrected chi connectivity index (χ0v) is 18.0. The molecule has 0 aliphatic carbocycles. The van der Waals surface area contributed by atoms with Crippen LogP contribution in [0.15, 0.2) is 60.0 Å². The lowest BCUT2D eigenvalue weighted by atomic mass is 10.1. The lowest BCUT2D eigenvalue weighted by Gasteiger charge is -2.12. The highest BCUT2D eigenvalue weighted by molar-refractivity contribution is 7.13. The fourth-order valence-corrected chi connectivity index (χ4v) is 3.85. The van der Waals surface area contributed by atoms with Gasteiger partial charge < -0.3 is 10.6 Å². The Labute approximate surface area is 190 Å². The Bertz CT molecular complexity index is 1240. The number of carbonyl (C=O) groups is 1. The van der Waals surface area contributed by atoms with Crippen molar-refractivity contribution in [2.45, 2.75) is 6.18 Å². The topological polar surface area (TPSA) is 66.9 Å². The van der Waals surface area contributed by atoms with E-state index in [9.17, 15) is 18.0 Å². The first kappa shape index (κ1) is 22.0. The molecule has 5 nitrogen and oxygen atoms in total. The molecule has 0 spiro atoms. The standard InChI is InChI=1S/C22H16ClF3N4OS/c23-15-7-8-16-17(12-15)29-20(18-2-1-11-32-18)30-19(16)27-9-10-28-21(31)13-3-5-14(6-4-13)22(24,25)26/h1-8,11-12H,9-10H2,(H,28,31)(H,27,29,30). The van der Waals surface area contributed by atoms with Crippen LogP contribution in [0.5, 0.6) is 0 Å². The summed E-state index contributed by atoms with van der Waals surface area (Å²) in [5.41, 5.74) is 0.0419. The minimum Gasteiger partial charge on any atom is -0.368 e. The molecule has 4 rings (SSSR count). The van der Waals surface area contributed by atoms with Crippen LogP contribution in [0.25, 0.3) is 21.6 Å². The van der Waals surface area contributed by atoms with E-state index in [1.807, 2.05) is 23.6 Å². The normalized spacial score (nSPS) is 11.5. The van der Waals surface area contributed by atoms with Crippen molar-refractivity contribution in [1.82, 2.24) is 15.3 Å². The van der Waals surface area contributed by atoms with Gasteiger partial charge in [0.1, 0.15) is 5.82 Å². The van der Waals surface area contributed by atoms with E-state index in [1.165, 1.54) is 11.3 Å². The van der Waals surface area contributed by atoms with Crippen LogP contribution < -0.4 is 10.6 Å². The van der Waals surface area contributed by atoms with Crippen LogP contribution in [-0.2, 0) is 6.18 Å². The summed E-state index contributed by atoms with van der Waals surface area (Å²) >= 11 is 7.63. The van der Waals surface area contributed by atoms with E-state index in [4.69, 9.17) is 11.6 Å². The van der Waals surface area contributed by atoms with Gasteiger partial charge in [0.15, 0.2) is 5.82 Å². The van der Waals surface area contributed by atoms with Gasteiger partial charge in [-0.2, -0.15) is 13.2 Å². The molecule has 0 saturated heterocycles. The van der Waals surface area contributed by atoms with Gasteiger partial charge in [0.25, 0.3) is 5.91 Å². The second kappa shape index (κ2) is 9.13. The maximum atomic E-state index is 12.7. The Morgan fingerprint density at radius 2 is 1.81 bits per heavy atom. The van der Waals surface area contributed by atoms with Crippen molar-refractivity contribution in [3.63, 3.8) is 0 Å². The highest BCUT2D eigenvalue weighted by Crippen LogP contribution is 2.30. The van der Waals surface area contributed by atoms with Crippen molar-refractivity contribution in [3.8, 4) is 10.7 Å². The molecule has 0 atom stereocenters. The molecule has 1 amide bonds. The molecule has 2 aromatic heterocycles. The number of nitrogens with zero attached hydrogens (tertiary/aromatic N) is 2. The van der Waals surface area contributed by atoms with Gasteiger partial charge in [0.2, 0.25) is 0 Å². The number of hydrogen-bond acceptors (Lipinski definition) is 5. The average molecular weight is 477 g/mol. The molecule has 0 bridgehead atoms. The van der Waals surface area contributed by atoms with Crippen LogP contribution in [0.3, 0.4) is 0 Å². The molecule has 2 N–H and O–H groups in total. The Hall–Kier alpha value is -3.17. The summed E-state index contributed by atoms with van der Waals surface area (Å²) in [4.78, 5) is 22.3. The minimum atomic E-state index is -4.44. The molecule has 0 unspecified atom stereocenters. The number of anilines is 1. The van der Waals surface area contributed by atoms with Crippen molar-refractivity contribution >= 4 is 45.6 Å². The monoisotopic (exact) mass is 476 g/mol. The van der Waals surface area contributed by atoms with Crippen LogP contribution in [0.2, 0.25) is 5.02 Å². The predicted octanol–water partition coefficient (Wildman–Crippen LogP) is 5.87. The number of thiophene rings is 1. The van der Waals surface area contributed by atoms with Crippen molar-refractivity contribution in [1.29, 1.82) is 0 Å². The molecule has 0 fully saturated rings. The molecule has 0 aliphatic rings. The second-order valence-electron chi connectivity index (χ2n) is 6.79. The van der Waals surface area contributed by atoms with E-state index in [-0.39, 0.29) is 12.1 Å². The third kappa shape index (κ3) is 5.00. The first-order valence-electron chi connectivity index (χ1n) is 9.52. The summed E-state index contributed by atoms with van der Waals surface area (Å²) in [7, 11) is 0. The smallest absolute Gasteiger partial charge is 0.368 e. The zero-order chi connectivity index (χ0) is 22.7. The van der Waals surface area contributed by atoms with Gasteiger partial charge in [0.05, 0.1) is 16.0 Å². The molecule has 0 radical (unpaired) electrons. The van der Waals surface area contributed by atoms with Gasteiger partial charge in [-0.05, 0) is 53.9 Å². The number of halogens is 4. The Kier molecular flexibility index (Phi) is 6.29. The second-order valence-corrected chi connectivity index (χ2v) is 8.18. The van der Waals surface area contributed by atoms with E-state index in [0.717, 1.165) is 34.5 Å². The summed E-state index contributed by atoms with van der Waals surface area (Å²) < 4.78 is 38.0. The third-order valence-corrected chi connectivity index (χ3v) is 5.68.